The SMILES string of the molecule is Cc1cccc(CSCCNC(=O)C2CCN(S(=O)(=O)Cc3ccc(Cl)cc3)CC2)c1. The van der Waals surface area contributed by atoms with Gasteiger partial charge in [-0.25, -0.2) is 12.7 Å². The smallest absolute Gasteiger partial charge is 0.223 e. The summed E-state index contributed by atoms with van der Waals surface area (Å²) in [6.07, 6.45) is 1.12. The van der Waals surface area contributed by atoms with E-state index in [1.54, 1.807) is 36.0 Å². The third-order valence-corrected chi connectivity index (χ3v) is 8.51. The van der Waals surface area contributed by atoms with Gasteiger partial charge in [-0.2, -0.15) is 11.8 Å². The standard InChI is InChI=1S/C23H29ClN2O3S2/c1-18-3-2-4-20(15-18)16-30-14-11-25-23(27)21-9-12-26(13-10-21)31(28,29)17-19-5-7-22(24)8-6-19/h2-8,15,21H,9-14,16-17H2,1H3,(H,25,27). The highest BCUT2D eigenvalue weighted by Crippen LogP contribution is 2.22. The third-order valence-electron chi connectivity index (χ3n) is 5.38. The van der Waals surface area contributed by atoms with E-state index in [0.29, 0.717) is 43.1 Å². The number of nitrogens with one attached hydrogen (secondary N) is 1. The topological polar surface area (TPSA) is 66.5 Å². The summed E-state index contributed by atoms with van der Waals surface area (Å²) in [5.74, 6) is 1.66. The Kier molecular flexibility index (Phi) is 8.84. The molecular formula is C23H29ClN2O3S2. The first-order chi connectivity index (χ1) is 14.8. The fourth-order valence-electron chi connectivity index (χ4n) is 3.66. The van der Waals surface area contributed by atoms with Crippen molar-refractivity contribution in [2.24, 2.45) is 5.92 Å². The van der Waals surface area contributed by atoms with Crippen LogP contribution in [0.25, 0.3) is 0 Å². The maximum absolute atomic E-state index is 12.7. The van der Waals surface area contributed by atoms with E-state index in [1.165, 1.54) is 15.4 Å². The summed E-state index contributed by atoms with van der Waals surface area (Å²) in [7, 11) is -3.40. The van der Waals surface area contributed by atoms with E-state index in [0.717, 1.165) is 11.5 Å². The minimum absolute atomic E-state index is 0.0332. The number of piperidine rings is 1. The monoisotopic (exact) mass is 480 g/mol. The summed E-state index contributed by atoms with van der Waals surface area (Å²) in [6, 6.07) is 15.3. The van der Waals surface area contributed by atoms with Crippen LogP contribution in [0.1, 0.15) is 29.5 Å². The molecule has 1 heterocycles. The number of amides is 1. The molecule has 0 bridgehead atoms. The summed E-state index contributed by atoms with van der Waals surface area (Å²) in [5.41, 5.74) is 3.27. The lowest BCUT2D eigenvalue weighted by Crippen LogP contribution is -2.43. The molecule has 0 saturated carbocycles. The molecule has 1 N–H and O–H groups in total. The van der Waals surface area contributed by atoms with Gasteiger partial charge in [0, 0.05) is 42.1 Å². The van der Waals surface area contributed by atoms with E-state index in [1.807, 2.05) is 0 Å². The molecule has 0 radical (unpaired) electrons. The number of carbonyl (C=O) groups is 1. The molecule has 3 rings (SSSR count). The lowest BCUT2D eigenvalue weighted by molar-refractivity contribution is -0.125. The quantitative estimate of drug-likeness (QED) is 0.545. The molecule has 2 aromatic rings. The van der Waals surface area contributed by atoms with E-state index in [4.69, 9.17) is 11.6 Å². The van der Waals surface area contributed by atoms with Crippen LogP contribution in [0.15, 0.2) is 48.5 Å². The van der Waals surface area contributed by atoms with E-state index in [2.05, 4.69) is 36.5 Å². The van der Waals surface area contributed by atoms with Crippen LogP contribution in [0.4, 0.5) is 0 Å². The molecule has 0 aliphatic carbocycles. The molecular weight excluding hydrogens is 452 g/mol. The van der Waals surface area contributed by atoms with Gasteiger partial charge in [0.25, 0.3) is 0 Å². The van der Waals surface area contributed by atoms with E-state index in [9.17, 15) is 13.2 Å². The Morgan fingerprint density at radius 3 is 2.52 bits per heavy atom. The average Bonchev–Trinajstić information content (AvgIpc) is 2.75. The van der Waals surface area contributed by atoms with E-state index in [-0.39, 0.29) is 17.6 Å². The van der Waals surface area contributed by atoms with Crippen LogP contribution in [0.5, 0.6) is 0 Å². The molecule has 1 fully saturated rings. The number of sulfonamides is 1. The first kappa shape index (κ1) is 24.1. The summed E-state index contributed by atoms with van der Waals surface area (Å²) in [6.45, 7) is 3.49. The van der Waals surface area contributed by atoms with Gasteiger partial charge in [-0.1, -0.05) is 53.6 Å². The molecule has 8 heteroatoms. The van der Waals surface area contributed by atoms with Crippen LogP contribution in [0.3, 0.4) is 0 Å². The Bertz CT molecular complexity index is 973. The highest BCUT2D eigenvalue weighted by Gasteiger charge is 2.31. The van der Waals surface area contributed by atoms with Gasteiger partial charge < -0.3 is 5.32 Å². The van der Waals surface area contributed by atoms with Gasteiger partial charge in [-0.05, 0) is 43.0 Å². The lowest BCUT2D eigenvalue weighted by atomic mass is 9.97. The van der Waals surface area contributed by atoms with Crippen LogP contribution in [0.2, 0.25) is 5.02 Å². The normalized spacial score (nSPS) is 15.7. The number of halogens is 1. The maximum atomic E-state index is 12.7. The molecule has 0 aromatic heterocycles. The van der Waals surface area contributed by atoms with Crippen LogP contribution >= 0.6 is 23.4 Å². The molecule has 1 aliphatic heterocycles. The van der Waals surface area contributed by atoms with Gasteiger partial charge in [0.2, 0.25) is 15.9 Å². The minimum Gasteiger partial charge on any atom is -0.355 e. The first-order valence-corrected chi connectivity index (χ1v) is 13.6. The molecule has 2 aromatic carbocycles. The Hall–Kier alpha value is -1.54. The van der Waals surface area contributed by atoms with Crippen molar-refractivity contribution >= 4 is 39.3 Å². The van der Waals surface area contributed by atoms with Crippen molar-refractivity contribution < 1.29 is 13.2 Å². The van der Waals surface area contributed by atoms with Gasteiger partial charge in [-0.3, -0.25) is 4.79 Å². The molecule has 0 unspecified atom stereocenters. The number of nitrogens with zero attached hydrogens (tertiary/aromatic N) is 1. The number of carbonyl (C=O) groups excluding carboxylic acids is 1. The zero-order valence-corrected chi connectivity index (χ0v) is 20.1. The second-order valence-electron chi connectivity index (χ2n) is 7.89. The molecule has 1 aliphatic rings. The van der Waals surface area contributed by atoms with Crippen molar-refractivity contribution in [1.82, 2.24) is 9.62 Å². The molecule has 1 amide bonds. The van der Waals surface area contributed by atoms with Gasteiger partial charge in [-0.15, -0.1) is 0 Å². The number of hydrogen-bond acceptors (Lipinski definition) is 4. The first-order valence-electron chi connectivity index (χ1n) is 10.5. The zero-order chi connectivity index (χ0) is 22.3. The van der Waals surface area contributed by atoms with Crippen molar-refractivity contribution in [2.75, 3.05) is 25.4 Å². The molecule has 31 heavy (non-hydrogen) atoms. The van der Waals surface area contributed by atoms with Crippen LogP contribution < -0.4 is 5.32 Å². The Balaban J connectivity index is 1.36. The molecule has 0 spiro atoms. The predicted molar refractivity (Wildman–Crippen MR) is 129 cm³/mol. The number of aryl methyl sites for hydroxylation is 1. The summed E-state index contributed by atoms with van der Waals surface area (Å²) < 4.78 is 26.9. The molecule has 168 valence electrons. The maximum Gasteiger partial charge on any atom is 0.223 e. The molecule has 0 atom stereocenters. The molecule has 1 saturated heterocycles. The number of hydrogen-bond donors (Lipinski definition) is 1. The zero-order valence-electron chi connectivity index (χ0n) is 17.7. The van der Waals surface area contributed by atoms with Crippen LogP contribution in [-0.4, -0.2) is 44.0 Å². The van der Waals surface area contributed by atoms with E-state index >= 15 is 0 Å². The lowest BCUT2D eigenvalue weighted by Gasteiger charge is -2.30. The second kappa shape index (κ2) is 11.4. The largest absolute Gasteiger partial charge is 0.355 e. The Labute approximate surface area is 194 Å². The van der Waals surface area contributed by atoms with Crippen LogP contribution in [0, 0.1) is 12.8 Å². The van der Waals surface area contributed by atoms with Crippen molar-refractivity contribution in [3.8, 4) is 0 Å². The van der Waals surface area contributed by atoms with Crippen LogP contribution in [-0.2, 0) is 26.3 Å². The second-order valence-corrected chi connectivity index (χ2v) is 11.4. The highest BCUT2D eigenvalue weighted by atomic mass is 35.5. The summed E-state index contributed by atoms with van der Waals surface area (Å²) >= 11 is 7.66. The van der Waals surface area contributed by atoms with Crippen molar-refractivity contribution in [3.63, 3.8) is 0 Å². The Morgan fingerprint density at radius 2 is 1.84 bits per heavy atom. The summed E-state index contributed by atoms with van der Waals surface area (Å²) in [5, 5.41) is 3.59. The fraction of sp³-hybridized carbons (Fsp3) is 0.435. The van der Waals surface area contributed by atoms with Gasteiger partial charge >= 0.3 is 0 Å². The van der Waals surface area contributed by atoms with E-state index < -0.39 is 10.0 Å². The van der Waals surface area contributed by atoms with Gasteiger partial charge in [0.1, 0.15) is 0 Å². The number of benzene rings is 2. The highest BCUT2D eigenvalue weighted by molar-refractivity contribution is 7.98. The fourth-order valence-corrected chi connectivity index (χ4v) is 6.16. The summed E-state index contributed by atoms with van der Waals surface area (Å²) in [4.78, 5) is 12.5. The average molecular weight is 481 g/mol. The van der Waals surface area contributed by atoms with Crippen molar-refractivity contribution in [2.45, 2.75) is 31.3 Å². The van der Waals surface area contributed by atoms with Gasteiger partial charge in [0.15, 0.2) is 0 Å². The Morgan fingerprint density at radius 1 is 1.13 bits per heavy atom. The molecule has 5 nitrogen and oxygen atoms in total. The third kappa shape index (κ3) is 7.52. The minimum atomic E-state index is -3.40. The van der Waals surface area contributed by atoms with Crippen molar-refractivity contribution in [3.05, 3.63) is 70.2 Å². The van der Waals surface area contributed by atoms with Crippen molar-refractivity contribution in [1.29, 1.82) is 0 Å². The number of rotatable bonds is 9. The van der Waals surface area contributed by atoms with Gasteiger partial charge in [0.05, 0.1) is 5.75 Å². The number of thioether (sulfide) groups is 1. The predicted octanol–water partition coefficient (Wildman–Crippen LogP) is 4.24.